The van der Waals surface area contributed by atoms with E-state index in [1.54, 1.807) is 13.2 Å². The van der Waals surface area contributed by atoms with Gasteiger partial charge in [0, 0.05) is 6.54 Å². The van der Waals surface area contributed by atoms with Gasteiger partial charge in [0.15, 0.2) is 11.5 Å². The van der Waals surface area contributed by atoms with Crippen molar-refractivity contribution in [2.45, 2.75) is 19.3 Å². The summed E-state index contributed by atoms with van der Waals surface area (Å²) in [5.74, 6) is 1.18. The average Bonchev–Trinajstić information content (AvgIpc) is 2.25. The number of nitrogens with one attached hydrogen (secondary N) is 1. The van der Waals surface area contributed by atoms with Crippen LogP contribution in [0.4, 0.5) is 0 Å². The van der Waals surface area contributed by atoms with Gasteiger partial charge in [-0.3, -0.25) is 0 Å². The van der Waals surface area contributed by atoms with Crippen molar-refractivity contribution in [1.29, 1.82) is 0 Å². The summed E-state index contributed by atoms with van der Waals surface area (Å²) in [4.78, 5) is 0. The van der Waals surface area contributed by atoms with E-state index in [4.69, 9.17) is 4.74 Å². The van der Waals surface area contributed by atoms with E-state index < -0.39 is 0 Å². The van der Waals surface area contributed by atoms with E-state index in [2.05, 4.69) is 12.2 Å². The number of rotatable bonds is 5. The lowest BCUT2D eigenvalue weighted by Gasteiger charge is -2.15. The lowest BCUT2D eigenvalue weighted by atomic mass is 9.96. The van der Waals surface area contributed by atoms with E-state index in [9.17, 15) is 5.11 Å². The van der Waals surface area contributed by atoms with Crippen LogP contribution in [0.5, 0.6) is 11.5 Å². The topological polar surface area (TPSA) is 41.5 Å². The molecular formula is C12H19NO2. The molecule has 1 aromatic carbocycles. The predicted molar refractivity (Wildman–Crippen MR) is 61.6 cm³/mol. The van der Waals surface area contributed by atoms with Crippen molar-refractivity contribution in [1.82, 2.24) is 5.32 Å². The maximum atomic E-state index is 9.66. The Hall–Kier alpha value is -1.22. The highest BCUT2D eigenvalue weighted by molar-refractivity contribution is 5.42. The molecular weight excluding hydrogens is 190 g/mol. The molecule has 0 bridgehead atoms. The Kier molecular flexibility index (Phi) is 4.43. The van der Waals surface area contributed by atoms with E-state index in [-0.39, 0.29) is 5.75 Å². The SMILES string of the molecule is CCC(CNC)c1ccc(OC)c(O)c1. The van der Waals surface area contributed by atoms with Gasteiger partial charge in [-0.15, -0.1) is 0 Å². The minimum absolute atomic E-state index is 0.213. The minimum Gasteiger partial charge on any atom is -0.504 e. The van der Waals surface area contributed by atoms with Crippen LogP contribution in [0.2, 0.25) is 0 Å². The van der Waals surface area contributed by atoms with Crippen LogP contribution in [-0.4, -0.2) is 25.8 Å². The maximum absolute atomic E-state index is 9.66. The van der Waals surface area contributed by atoms with Crippen molar-refractivity contribution in [3.05, 3.63) is 23.8 Å². The summed E-state index contributed by atoms with van der Waals surface area (Å²) in [5, 5.41) is 12.8. The first kappa shape index (κ1) is 11.9. The Morgan fingerprint density at radius 3 is 2.67 bits per heavy atom. The first-order valence-corrected chi connectivity index (χ1v) is 5.24. The molecule has 0 aliphatic heterocycles. The van der Waals surface area contributed by atoms with E-state index in [1.807, 2.05) is 19.2 Å². The molecule has 1 unspecified atom stereocenters. The van der Waals surface area contributed by atoms with Gasteiger partial charge >= 0.3 is 0 Å². The molecule has 0 aliphatic carbocycles. The Balaban J connectivity index is 2.89. The number of methoxy groups -OCH3 is 1. The zero-order valence-electron chi connectivity index (χ0n) is 9.58. The largest absolute Gasteiger partial charge is 0.504 e. The molecule has 0 spiro atoms. The summed E-state index contributed by atoms with van der Waals surface area (Å²) >= 11 is 0. The zero-order valence-corrected chi connectivity index (χ0v) is 9.58. The fourth-order valence-corrected chi connectivity index (χ4v) is 1.71. The number of hydrogen-bond acceptors (Lipinski definition) is 3. The fourth-order valence-electron chi connectivity index (χ4n) is 1.71. The van der Waals surface area contributed by atoms with Crippen LogP contribution in [0.1, 0.15) is 24.8 Å². The quantitative estimate of drug-likeness (QED) is 0.780. The standard InChI is InChI=1S/C12H19NO2/c1-4-9(8-13-2)10-5-6-12(15-3)11(14)7-10/h5-7,9,13-14H,4,8H2,1-3H3. The number of phenolic OH excluding ortho intramolecular Hbond substituents is 1. The van der Waals surface area contributed by atoms with Crippen LogP contribution in [0, 0.1) is 0 Å². The maximum Gasteiger partial charge on any atom is 0.160 e. The third-order valence-corrected chi connectivity index (χ3v) is 2.62. The van der Waals surface area contributed by atoms with Crippen molar-refractivity contribution >= 4 is 0 Å². The number of aromatic hydroxyl groups is 1. The van der Waals surface area contributed by atoms with Crippen LogP contribution < -0.4 is 10.1 Å². The van der Waals surface area contributed by atoms with E-state index in [1.165, 1.54) is 0 Å². The van der Waals surface area contributed by atoms with Gasteiger partial charge in [0.25, 0.3) is 0 Å². The number of ether oxygens (including phenoxy) is 1. The molecule has 3 nitrogen and oxygen atoms in total. The molecule has 1 atom stereocenters. The van der Waals surface area contributed by atoms with Crippen molar-refractivity contribution in [3.8, 4) is 11.5 Å². The summed E-state index contributed by atoms with van der Waals surface area (Å²) in [6.07, 6.45) is 1.05. The van der Waals surface area contributed by atoms with Crippen LogP contribution in [0.25, 0.3) is 0 Å². The van der Waals surface area contributed by atoms with Gasteiger partial charge in [-0.2, -0.15) is 0 Å². The molecule has 0 saturated heterocycles. The minimum atomic E-state index is 0.213. The predicted octanol–water partition coefficient (Wildman–Crippen LogP) is 2.11. The van der Waals surface area contributed by atoms with Crippen molar-refractivity contribution in [3.63, 3.8) is 0 Å². The Morgan fingerprint density at radius 2 is 2.20 bits per heavy atom. The van der Waals surface area contributed by atoms with E-state index >= 15 is 0 Å². The Morgan fingerprint density at radius 1 is 1.47 bits per heavy atom. The van der Waals surface area contributed by atoms with Crippen LogP contribution >= 0.6 is 0 Å². The second-order valence-corrected chi connectivity index (χ2v) is 3.59. The number of phenols is 1. The van der Waals surface area contributed by atoms with E-state index in [0.29, 0.717) is 11.7 Å². The lowest BCUT2D eigenvalue weighted by molar-refractivity contribution is 0.372. The van der Waals surface area contributed by atoms with Gasteiger partial charge in [-0.25, -0.2) is 0 Å². The number of benzene rings is 1. The second kappa shape index (κ2) is 5.61. The summed E-state index contributed by atoms with van der Waals surface area (Å²) < 4.78 is 5.01. The van der Waals surface area contributed by atoms with Gasteiger partial charge in [0.05, 0.1) is 7.11 Å². The third-order valence-electron chi connectivity index (χ3n) is 2.62. The lowest BCUT2D eigenvalue weighted by Crippen LogP contribution is -2.16. The van der Waals surface area contributed by atoms with Crippen LogP contribution in [0.3, 0.4) is 0 Å². The molecule has 3 heteroatoms. The summed E-state index contributed by atoms with van der Waals surface area (Å²) in [5.41, 5.74) is 1.14. The third kappa shape index (κ3) is 2.86. The summed E-state index contributed by atoms with van der Waals surface area (Å²) in [6.45, 7) is 3.06. The van der Waals surface area contributed by atoms with Gasteiger partial charge in [-0.05, 0) is 37.1 Å². The number of likely N-dealkylation sites (N-methyl/N-ethyl adjacent to an activating group) is 1. The monoisotopic (exact) mass is 209 g/mol. The van der Waals surface area contributed by atoms with Crippen LogP contribution in [0.15, 0.2) is 18.2 Å². The van der Waals surface area contributed by atoms with Crippen LogP contribution in [-0.2, 0) is 0 Å². The molecule has 1 rings (SSSR count). The number of hydrogen-bond donors (Lipinski definition) is 2. The van der Waals surface area contributed by atoms with E-state index in [0.717, 1.165) is 18.5 Å². The summed E-state index contributed by atoms with van der Waals surface area (Å²) in [6, 6.07) is 5.59. The molecule has 1 aromatic rings. The van der Waals surface area contributed by atoms with Gasteiger partial charge in [0.2, 0.25) is 0 Å². The van der Waals surface area contributed by atoms with Crippen molar-refractivity contribution in [2.75, 3.05) is 20.7 Å². The van der Waals surface area contributed by atoms with Gasteiger partial charge in [-0.1, -0.05) is 13.0 Å². The van der Waals surface area contributed by atoms with Gasteiger partial charge < -0.3 is 15.2 Å². The van der Waals surface area contributed by atoms with Crippen molar-refractivity contribution < 1.29 is 9.84 Å². The zero-order chi connectivity index (χ0) is 11.3. The first-order chi connectivity index (χ1) is 7.22. The normalized spacial score (nSPS) is 12.5. The smallest absolute Gasteiger partial charge is 0.160 e. The molecule has 0 amide bonds. The molecule has 0 radical (unpaired) electrons. The second-order valence-electron chi connectivity index (χ2n) is 3.59. The summed E-state index contributed by atoms with van der Waals surface area (Å²) in [7, 11) is 3.49. The highest BCUT2D eigenvalue weighted by Gasteiger charge is 2.10. The molecule has 0 aliphatic rings. The molecule has 15 heavy (non-hydrogen) atoms. The average molecular weight is 209 g/mol. The highest BCUT2D eigenvalue weighted by atomic mass is 16.5. The fraction of sp³-hybridized carbons (Fsp3) is 0.500. The molecule has 84 valence electrons. The molecule has 0 aromatic heterocycles. The molecule has 2 N–H and O–H groups in total. The Bertz CT molecular complexity index is 312. The Labute approximate surface area is 91.1 Å². The first-order valence-electron chi connectivity index (χ1n) is 5.24. The highest BCUT2D eigenvalue weighted by Crippen LogP contribution is 2.30. The van der Waals surface area contributed by atoms with Gasteiger partial charge in [0.1, 0.15) is 0 Å². The van der Waals surface area contributed by atoms with Crippen molar-refractivity contribution in [2.24, 2.45) is 0 Å². The molecule has 0 heterocycles. The molecule has 0 saturated carbocycles. The molecule has 0 fully saturated rings.